The number of hydrogen-bond acceptors (Lipinski definition) is 2. The first kappa shape index (κ1) is 10.4. The van der Waals surface area contributed by atoms with Gasteiger partial charge in [0.2, 0.25) is 0 Å². The first-order valence-corrected chi connectivity index (χ1v) is 6.07. The van der Waals surface area contributed by atoms with Crippen LogP contribution in [0.4, 0.5) is 0 Å². The van der Waals surface area contributed by atoms with Crippen LogP contribution in [0, 0.1) is 11.3 Å². The lowest BCUT2D eigenvalue weighted by molar-refractivity contribution is 0.132. The van der Waals surface area contributed by atoms with Crippen LogP contribution in [0.2, 0.25) is 0 Å². The van der Waals surface area contributed by atoms with E-state index in [2.05, 4.69) is 12.4 Å². The second-order valence-corrected chi connectivity index (χ2v) is 5.19. The molecule has 0 radical (unpaired) electrons. The summed E-state index contributed by atoms with van der Waals surface area (Å²) in [5, 5.41) is 3.34. The molecule has 1 saturated carbocycles. The molecular weight excluding hydrogens is 174 g/mol. The Bertz CT molecular complexity index is 169. The normalized spacial score (nSPS) is 34.1. The third-order valence-electron chi connectivity index (χ3n) is 3.93. The van der Waals surface area contributed by atoms with Gasteiger partial charge in [-0.05, 0) is 25.8 Å². The first-order valence-electron chi connectivity index (χ1n) is 6.07. The van der Waals surface area contributed by atoms with Gasteiger partial charge in [0, 0.05) is 18.6 Å². The van der Waals surface area contributed by atoms with Crippen molar-refractivity contribution >= 4 is 0 Å². The lowest BCUT2D eigenvalue weighted by Crippen LogP contribution is -2.34. The summed E-state index contributed by atoms with van der Waals surface area (Å²) in [5.41, 5.74) is 0.476. The van der Waals surface area contributed by atoms with E-state index in [0.29, 0.717) is 5.41 Å². The molecule has 2 rings (SSSR count). The minimum Gasteiger partial charge on any atom is -0.381 e. The Morgan fingerprint density at radius 2 is 2.14 bits per heavy atom. The van der Waals surface area contributed by atoms with Crippen molar-refractivity contribution in [3.63, 3.8) is 0 Å². The monoisotopic (exact) mass is 197 g/mol. The maximum Gasteiger partial charge on any atom is 0.0535 e. The predicted molar refractivity (Wildman–Crippen MR) is 58.4 cm³/mol. The van der Waals surface area contributed by atoms with Gasteiger partial charge in [0.25, 0.3) is 0 Å². The molecule has 2 nitrogen and oxygen atoms in total. The van der Waals surface area contributed by atoms with Crippen molar-refractivity contribution < 1.29 is 4.74 Å². The van der Waals surface area contributed by atoms with Gasteiger partial charge < -0.3 is 10.1 Å². The third kappa shape index (κ3) is 2.29. The zero-order valence-corrected chi connectivity index (χ0v) is 9.35. The molecule has 2 heteroatoms. The second-order valence-electron chi connectivity index (χ2n) is 5.19. The van der Waals surface area contributed by atoms with Gasteiger partial charge >= 0.3 is 0 Å². The van der Waals surface area contributed by atoms with E-state index in [1.54, 1.807) is 0 Å². The Labute approximate surface area is 87.4 Å². The Hall–Kier alpha value is -0.0800. The maximum atomic E-state index is 5.58. The Balaban J connectivity index is 1.89. The van der Waals surface area contributed by atoms with Crippen LogP contribution in [0.15, 0.2) is 0 Å². The minimum atomic E-state index is 0.476. The fourth-order valence-electron chi connectivity index (χ4n) is 3.22. The Morgan fingerprint density at radius 1 is 1.36 bits per heavy atom. The number of hydrogen-bond donors (Lipinski definition) is 1. The third-order valence-corrected chi connectivity index (χ3v) is 3.93. The molecule has 0 bridgehead atoms. The van der Waals surface area contributed by atoms with Crippen molar-refractivity contribution in [2.75, 3.05) is 26.8 Å². The Kier molecular flexibility index (Phi) is 3.45. The quantitative estimate of drug-likeness (QED) is 0.746. The molecule has 0 amide bonds. The molecule has 1 heterocycles. The summed E-state index contributed by atoms with van der Waals surface area (Å²) in [6, 6.07) is 0. The summed E-state index contributed by atoms with van der Waals surface area (Å²) in [6.45, 7) is 3.11. The van der Waals surface area contributed by atoms with Gasteiger partial charge in [-0.25, -0.2) is 0 Å². The fourth-order valence-corrected chi connectivity index (χ4v) is 3.22. The molecule has 1 aliphatic carbocycles. The van der Waals surface area contributed by atoms with E-state index >= 15 is 0 Å². The van der Waals surface area contributed by atoms with Crippen LogP contribution in [0.25, 0.3) is 0 Å². The predicted octanol–water partition coefficient (Wildman–Crippen LogP) is 2.19. The molecule has 82 valence electrons. The molecule has 1 unspecified atom stereocenters. The van der Waals surface area contributed by atoms with E-state index in [1.165, 1.54) is 38.5 Å². The summed E-state index contributed by atoms with van der Waals surface area (Å²) in [6.07, 6.45) is 8.51. The van der Waals surface area contributed by atoms with Crippen LogP contribution in [-0.4, -0.2) is 26.8 Å². The van der Waals surface area contributed by atoms with Gasteiger partial charge in [0.05, 0.1) is 6.61 Å². The highest BCUT2D eigenvalue weighted by atomic mass is 16.5. The van der Waals surface area contributed by atoms with Crippen molar-refractivity contribution in [3.8, 4) is 0 Å². The molecule has 2 fully saturated rings. The number of ether oxygens (including phenoxy) is 1. The van der Waals surface area contributed by atoms with E-state index in [1.807, 2.05) is 0 Å². The van der Waals surface area contributed by atoms with Crippen LogP contribution in [0.1, 0.15) is 38.5 Å². The van der Waals surface area contributed by atoms with Gasteiger partial charge in [-0.3, -0.25) is 0 Å². The zero-order chi connectivity index (χ0) is 9.86. The average molecular weight is 197 g/mol. The molecule has 2 aliphatic rings. The Morgan fingerprint density at radius 3 is 2.71 bits per heavy atom. The van der Waals surface area contributed by atoms with Crippen molar-refractivity contribution in [3.05, 3.63) is 0 Å². The lowest BCUT2D eigenvalue weighted by Gasteiger charge is -2.30. The SMILES string of the molecule is CNCC1(CC2CCCC2)CCOC1. The highest BCUT2D eigenvalue weighted by molar-refractivity contribution is 4.88. The van der Waals surface area contributed by atoms with Gasteiger partial charge in [0.1, 0.15) is 0 Å². The molecule has 0 spiro atoms. The van der Waals surface area contributed by atoms with Crippen LogP contribution < -0.4 is 5.32 Å². The lowest BCUT2D eigenvalue weighted by atomic mass is 9.78. The largest absolute Gasteiger partial charge is 0.381 e. The summed E-state index contributed by atoms with van der Waals surface area (Å²) in [5.74, 6) is 0.991. The number of nitrogens with one attached hydrogen (secondary N) is 1. The van der Waals surface area contributed by atoms with Gasteiger partial charge in [0.15, 0.2) is 0 Å². The zero-order valence-electron chi connectivity index (χ0n) is 9.35. The summed E-state index contributed by atoms with van der Waals surface area (Å²) >= 11 is 0. The molecule has 0 aromatic rings. The molecule has 1 saturated heterocycles. The van der Waals surface area contributed by atoms with Crippen LogP contribution >= 0.6 is 0 Å². The van der Waals surface area contributed by atoms with Gasteiger partial charge in [-0.15, -0.1) is 0 Å². The summed E-state index contributed by atoms with van der Waals surface area (Å²) in [4.78, 5) is 0. The smallest absolute Gasteiger partial charge is 0.0535 e. The van der Waals surface area contributed by atoms with E-state index in [0.717, 1.165) is 25.7 Å². The van der Waals surface area contributed by atoms with Crippen molar-refractivity contribution in [2.24, 2.45) is 11.3 Å². The number of rotatable bonds is 4. The average Bonchev–Trinajstić information content (AvgIpc) is 2.78. The van der Waals surface area contributed by atoms with Gasteiger partial charge in [-0.2, -0.15) is 0 Å². The topological polar surface area (TPSA) is 21.3 Å². The summed E-state index contributed by atoms with van der Waals surface area (Å²) in [7, 11) is 2.06. The molecule has 0 aromatic carbocycles. The summed E-state index contributed by atoms with van der Waals surface area (Å²) < 4.78 is 5.58. The van der Waals surface area contributed by atoms with Crippen molar-refractivity contribution in [2.45, 2.75) is 38.5 Å². The highest BCUT2D eigenvalue weighted by Gasteiger charge is 2.36. The van der Waals surface area contributed by atoms with Crippen molar-refractivity contribution in [1.29, 1.82) is 0 Å². The van der Waals surface area contributed by atoms with Crippen LogP contribution in [-0.2, 0) is 4.74 Å². The molecule has 0 aromatic heterocycles. The molecule has 14 heavy (non-hydrogen) atoms. The molecular formula is C12H23NO. The molecule has 1 aliphatic heterocycles. The van der Waals surface area contributed by atoms with E-state index in [4.69, 9.17) is 4.74 Å². The maximum absolute atomic E-state index is 5.58. The molecule has 1 atom stereocenters. The first-order chi connectivity index (χ1) is 6.85. The van der Waals surface area contributed by atoms with E-state index in [9.17, 15) is 0 Å². The van der Waals surface area contributed by atoms with Gasteiger partial charge in [-0.1, -0.05) is 25.7 Å². The van der Waals surface area contributed by atoms with Crippen LogP contribution in [0.3, 0.4) is 0 Å². The highest BCUT2D eigenvalue weighted by Crippen LogP contribution is 2.40. The van der Waals surface area contributed by atoms with E-state index in [-0.39, 0.29) is 0 Å². The minimum absolute atomic E-state index is 0.476. The van der Waals surface area contributed by atoms with E-state index < -0.39 is 0 Å². The molecule has 1 N–H and O–H groups in total. The fraction of sp³-hybridized carbons (Fsp3) is 1.00. The standard InChI is InChI=1S/C12H23NO/c1-13-9-12(6-7-14-10-12)8-11-4-2-3-5-11/h11,13H,2-10H2,1H3. The second kappa shape index (κ2) is 4.63. The van der Waals surface area contributed by atoms with Crippen LogP contribution in [0.5, 0.6) is 0 Å². The van der Waals surface area contributed by atoms with Crippen molar-refractivity contribution in [1.82, 2.24) is 5.32 Å².